The molecule has 1 aromatic rings. The molecule has 1 aromatic heterocycles. The zero-order valence-corrected chi connectivity index (χ0v) is 9.68. The van der Waals surface area contributed by atoms with Crippen LogP contribution >= 0.6 is 15.9 Å². The molecular weight excluding hydrogens is 291 g/mol. The molecule has 0 saturated carbocycles. The van der Waals surface area contributed by atoms with Crippen molar-refractivity contribution in [3.8, 4) is 0 Å². The summed E-state index contributed by atoms with van der Waals surface area (Å²) in [6.07, 6.45) is -3.91. The maximum Gasteiger partial charge on any atom is 0.418 e. The molecule has 0 saturated heterocycles. The van der Waals surface area contributed by atoms with Crippen molar-refractivity contribution in [3.05, 3.63) is 27.5 Å². The van der Waals surface area contributed by atoms with Crippen molar-refractivity contribution in [2.24, 2.45) is 0 Å². The van der Waals surface area contributed by atoms with Gasteiger partial charge in [-0.25, -0.2) is 9.78 Å². The zero-order chi connectivity index (χ0) is 12.5. The topological polar surface area (TPSA) is 50.2 Å². The van der Waals surface area contributed by atoms with Crippen LogP contribution in [0.2, 0.25) is 0 Å². The number of pyridine rings is 1. The molecule has 0 bridgehead atoms. The second-order valence-corrected chi connectivity index (χ2v) is 3.76. The average molecular weight is 298 g/mol. The average Bonchev–Trinajstić information content (AvgIpc) is 2.15. The summed E-state index contributed by atoms with van der Waals surface area (Å²) >= 11 is 2.84. The molecular formula is C9H7BrF3NO2. The van der Waals surface area contributed by atoms with E-state index in [1.165, 1.54) is 6.92 Å². The lowest BCUT2D eigenvalue weighted by Crippen LogP contribution is -2.13. The molecule has 0 spiro atoms. The minimum Gasteiger partial charge on any atom is -0.476 e. The van der Waals surface area contributed by atoms with Crippen LogP contribution in [0.3, 0.4) is 0 Å². The van der Waals surface area contributed by atoms with Gasteiger partial charge in [-0.05, 0) is 27.9 Å². The minimum absolute atomic E-state index is 0.0677. The maximum atomic E-state index is 12.5. The van der Waals surface area contributed by atoms with Gasteiger partial charge in [-0.2, -0.15) is 13.2 Å². The van der Waals surface area contributed by atoms with Gasteiger partial charge in [-0.15, -0.1) is 0 Å². The van der Waals surface area contributed by atoms with Crippen molar-refractivity contribution in [2.75, 3.05) is 0 Å². The number of carboxylic acids is 1. The number of alkyl halides is 3. The van der Waals surface area contributed by atoms with Crippen molar-refractivity contribution in [1.82, 2.24) is 4.98 Å². The lowest BCUT2D eigenvalue weighted by Gasteiger charge is -2.13. The van der Waals surface area contributed by atoms with E-state index >= 15 is 0 Å². The fourth-order valence-electron chi connectivity index (χ4n) is 1.26. The number of carbonyl (C=O) groups is 1. The Kier molecular flexibility index (Phi) is 3.57. The van der Waals surface area contributed by atoms with Crippen molar-refractivity contribution in [2.45, 2.75) is 19.5 Å². The van der Waals surface area contributed by atoms with Crippen LogP contribution in [0.25, 0.3) is 0 Å². The summed E-state index contributed by atoms with van der Waals surface area (Å²) in [5, 5.41) is 8.71. The van der Waals surface area contributed by atoms with Gasteiger partial charge >= 0.3 is 12.1 Å². The predicted octanol–water partition coefficient (Wildman–Crippen LogP) is 3.12. The van der Waals surface area contributed by atoms with Crippen LogP contribution in [-0.2, 0) is 12.6 Å². The number of carboxylic acid groups (broad SMARTS) is 1. The fourth-order valence-corrected chi connectivity index (χ4v) is 2.03. The fraction of sp³-hybridized carbons (Fsp3) is 0.333. The van der Waals surface area contributed by atoms with E-state index in [1.807, 2.05) is 0 Å². The first-order valence-corrected chi connectivity index (χ1v) is 5.06. The van der Waals surface area contributed by atoms with E-state index in [1.54, 1.807) is 0 Å². The van der Waals surface area contributed by atoms with Crippen LogP contribution in [0.1, 0.15) is 28.5 Å². The molecule has 1 rings (SSSR count). The number of halogens is 4. The number of nitrogens with zero attached hydrogens (tertiary/aromatic N) is 1. The first kappa shape index (κ1) is 13.0. The van der Waals surface area contributed by atoms with Gasteiger partial charge in [0.2, 0.25) is 0 Å². The largest absolute Gasteiger partial charge is 0.476 e. The lowest BCUT2D eigenvalue weighted by molar-refractivity contribution is -0.138. The van der Waals surface area contributed by atoms with Gasteiger partial charge in [0.1, 0.15) is 0 Å². The highest BCUT2D eigenvalue weighted by Gasteiger charge is 2.35. The molecule has 16 heavy (non-hydrogen) atoms. The van der Waals surface area contributed by atoms with Gasteiger partial charge in [0.05, 0.1) is 10.0 Å². The minimum atomic E-state index is -4.53. The van der Waals surface area contributed by atoms with Gasteiger partial charge in [0.25, 0.3) is 0 Å². The Morgan fingerprint density at radius 3 is 2.50 bits per heavy atom. The lowest BCUT2D eigenvalue weighted by atomic mass is 10.1. The van der Waals surface area contributed by atoms with Crippen LogP contribution in [0, 0.1) is 0 Å². The van der Waals surface area contributed by atoms with Crippen LogP contribution in [-0.4, -0.2) is 16.1 Å². The standard InChI is InChI=1S/C9H7BrF3NO2/c1-2-4-5(9(11,12)13)3-14-7(6(4)10)8(15)16/h3H,2H2,1H3,(H,15,16). The number of aromatic nitrogens is 1. The smallest absolute Gasteiger partial charge is 0.418 e. The molecule has 0 atom stereocenters. The predicted molar refractivity (Wildman–Crippen MR) is 53.3 cm³/mol. The van der Waals surface area contributed by atoms with E-state index in [2.05, 4.69) is 20.9 Å². The van der Waals surface area contributed by atoms with Gasteiger partial charge in [-0.3, -0.25) is 0 Å². The van der Waals surface area contributed by atoms with Crippen molar-refractivity contribution in [3.63, 3.8) is 0 Å². The van der Waals surface area contributed by atoms with E-state index < -0.39 is 23.4 Å². The molecule has 0 aliphatic carbocycles. The molecule has 1 N–H and O–H groups in total. The Hall–Kier alpha value is -1.11. The van der Waals surface area contributed by atoms with Crippen LogP contribution < -0.4 is 0 Å². The Bertz CT molecular complexity index is 431. The van der Waals surface area contributed by atoms with Crippen molar-refractivity contribution < 1.29 is 23.1 Å². The van der Waals surface area contributed by atoms with E-state index in [4.69, 9.17) is 5.11 Å². The molecule has 0 aliphatic rings. The van der Waals surface area contributed by atoms with E-state index in [0.29, 0.717) is 6.20 Å². The summed E-state index contributed by atoms with van der Waals surface area (Å²) < 4.78 is 37.5. The molecule has 0 amide bonds. The number of aromatic carboxylic acids is 1. The summed E-state index contributed by atoms with van der Waals surface area (Å²) in [5.74, 6) is -1.37. The first-order chi connectivity index (χ1) is 7.29. The molecule has 0 unspecified atom stereocenters. The Balaban J connectivity index is 3.47. The molecule has 88 valence electrons. The third-order valence-corrected chi connectivity index (χ3v) is 2.84. The van der Waals surface area contributed by atoms with Gasteiger partial charge in [0.15, 0.2) is 5.69 Å². The van der Waals surface area contributed by atoms with Crippen LogP contribution in [0.4, 0.5) is 13.2 Å². The SMILES string of the molecule is CCc1c(C(F)(F)F)cnc(C(=O)O)c1Br. The van der Waals surface area contributed by atoms with Crippen molar-refractivity contribution >= 4 is 21.9 Å². The molecule has 0 aliphatic heterocycles. The molecule has 0 fully saturated rings. The van der Waals surface area contributed by atoms with E-state index in [0.717, 1.165) is 0 Å². The Labute approximate surface area is 97.4 Å². The summed E-state index contributed by atoms with van der Waals surface area (Å²) in [7, 11) is 0. The molecule has 3 nitrogen and oxygen atoms in total. The number of hydrogen-bond acceptors (Lipinski definition) is 2. The van der Waals surface area contributed by atoms with E-state index in [-0.39, 0.29) is 16.5 Å². The number of rotatable bonds is 2. The van der Waals surface area contributed by atoms with Crippen LogP contribution in [0.5, 0.6) is 0 Å². The summed E-state index contributed by atoms with van der Waals surface area (Å²) in [4.78, 5) is 14.0. The van der Waals surface area contributed by atoms with Crippen molar-refractivity contribution in [1.29, 1.82) is 0 Å². The van der Waals surface area contributed by atoms with Crippen LogP contribution in [0.15, 0.2) is 10.7 Å². The first-order valence-electron chi connectivity index (χ1n) is 4.26. The van der Waals surface area contributed by atoms with Gasteiger partial charge in [-0.1, -0.05) is 6.92 Å². The third kappa shape index (κ3) is 2.34. The Morgan fingerprint density at radius 2 is 2.12 bits per heavy atom. The zero-order valence-electron chi connectivity index (χ0n) is 8.10. The second-order valence-electron chi connectivity index (χ2n) is 2.97. The van der Waals surface area contributed by atoms with E-state index in [9.17, 15) is 18.0 Å². The highest BCUT2D eigenvalue weighted by Crippen LogP contribution is 2.35. The second kappa shape index (κ2) is 4.40. The molecule has 0 aromatic carbocycles. The molecule has 0 radical (unpaired) electrons. The Morgan fingerprint density at radius 1 is 1.56 bits per heavy atom. The summed E-state index contributed by atoms with van der Waals surface area (Å²) in [5.41, 5.74) is -1.42. The third-order valence-electron chi connectivity index (χ3n) is 1.98. The maximum absolute atomic E-state index is 12.5. The monoisotopic (exact) mass is 297 g/mol. The highest BCUT2D eigenvalue weighted by atomic mass is 79.9. The number of hydrogen-bond donors (Lipinski definition) is 1. The van der Waals surface area contributed by atoms with Gasteiger partial charge < -0.3 is 5.11 Å². The van der Waals surface area contributed by atoms with Gasteiger partial charge in [0, 0.05) is 6.20 Å². The quantitative estimate of drug-likeness (QED) is 0.912. The normalized spacial score (nSPS) is 11.6. The summed E-state index contributed by atoms with van der Waals surface area (Å²) in [6, 6.07) is 0. The molecule has 1 heterocycles. The summed E-state index contributed by atoms with van der Waals surface area (Å²) in [6.45, 7) is 1.51. The molecule has 7 heteroatoms. The highest BCUT2D eigenvalue weighted by molar-refractivity contribution is 9.10.